The highest BCUT2D eigenvalue weighted by Crippen LogP contribution is 2.73. The van der Waals surface area contributed by atoms with Crippen molar-refractivity contribution in [3.8, 4) is 0 Å². The van der Waals surface area contributed by atoms with Crippen LogP contribution in [-0.2, 0) is 9.59 Å². The van der Waals surface area contributed by atoms with Crippen LogP contribution in [0.3, 0.4) is 0 Å². The van der Waals surface area contributed by atoms with Gasteiger partial charge in [0, 0.05) is 18.8 Å². The zero-order valence-corrected chi connectivity index (χ0v) is 15.8. The molecule has 3 aliphatic carbocycles. The molecule has 3 fully saturated rings. The molecule has 4 atom stereocenters. The average molecular weight is 363 g/mol. The Kier molecular flexibility index (Phi) is 3.58. The van der Waals surface area contributed by atoms with Crippen LogP contribution < -0.4 is 4.90 Å². The van der Waals surface area contributed by atoms with Gasteiger partial charge in [0.25, 0.3) is 11.8 Å². The highest BCUT2D eigenvalue weighted by atomic mass is 16.2. The Morgan fingerprint density at radius 3 is 2.07 bits per heavy atom. The van der Waals surface area contributed by atoms with Gasteiger partial charge >= 0.3 is 0 Å². The molecule has 0 N–H and O–H groups in total. The fraction of sp³-hybridized carbons (Fsp3) is 0.500. The number of carbonyl (C=O) groups is 2. The summed E-state index contributed by atoms with van der Waals surface area (Å²) in [4.78, 5) is 28.1. The number of carbonyl (C=O) groups excluding carboxylic acids is 2. The van der Waals surface area contributed by atoms with Crippen LogP contribution in [-0.4, -0.2) is 36.1 Å². The Hall–Kier alpha value is -2.43. The second-order valence-corrected chi connectivity index (χ2v) is 8.22. The van der Waals surface area contributed by atoms with Gasteiger partial charge < -0.3 is 4.90 Å². The lowest BCUT2D eigenvalue weighted by atomic mass is 9.85. The van der Waals surface area contributed by atoms with Gasteiger partial charge in [-0.3, -0.25) is 9.59 Å². The van der Waals surface area contributed by atoms with Crippen LogP contribution in [0.25, 0.3) is 0 Å². The molecule has 0 aromatic heterocycles. The first-order valence-corrected chi connectivity index (χ1v) is 10.1. The van der Waals surface area contributed by atoms with E-state index < -0.39 is 0 Å². The van der Waals surface area contributed by atoms with Gasteiger partial charge in [-0.15, -0.1) is 0 Å². The maximum Gasteiger partial charge on any atom is 0.254 e. The Morgan fingerprint density at radius 1 is 1.04 bits per heavy atom. The van der Waals surface area contributed by atoms with Gasteiger partial charge in [0.15, 0.2) is 0 Å². The van der Waals surface area contributed by atoms with Crippen molar-refractivity contribution in [1.29, 1.82) is 0 Å². The first kappa shape index (κ1) is 16.7. The maximum atomic E-state index is 12.9. The number of allylic oxidation sites excluding steroid dienone is 2. The third kappa shape index (κ3) is 2.20. The minimum Gasteiger partial charge on any atom is -0.372 e. The molecule has 1 aromatic carbocycles. The highest BCUT2D eigenvalue weighted by Gasteiger charge is 2.73. The van der Waals surface area contributed by atoms with Crippen LogP contribution >= 0.6 is 0 Å². The topological polar surface area (TPSA) is 53.0 Å². The van der Waals surface area contributed by atoms with Crippen LogP contribution in [0.2, 0.25) is 0 Å². The monoisotopic (exact) mass is 363 g/mol. The molecule has 5 rings (SSSR count). The molecular weight excluding hydrogens is 338 g/mol. The normalized spacial score (nSPS) is 32.1. The molecule has 1 saturated heterocycles. The third-order valence-electron chi connectivity index (χ3n) is 7.17. The standard InChI is InChI=1S/C22H25N3O2/c1-3-24(4-2)15-7-5-14(6-8-15)13-23-25-20(26)18-16-9-10-17(19(18)21(25)27)22(16)11-12-22/h5-10,13,16-19H,3-4,11-12H2,1-2H3/b23-13+. The van der Waals surface area contributed by atoms with E-state index in [2.05, 4.69) is 48.1 Å². The van der Waals surface area contributed by atoms with Crippen LogP contribution in [0.1, 0.15) is 32.3 Å². The van der Waals surface area contributed by atoms with Crippen molar-refractivity contribution in [2.45, 2.75) is 26.7 Å². The molecule has 4 aliphatic rings. The van der Waals surface area contributed by atoms with Crippen molar-refractivity contribution in [2.24, 2.45) is 34.2 Å². The Labute approximate surface area is 159 Å². The first-order valence-electron chi connectivity index (χ1n) is 10.1. The molecule has 27 heavy (non-hydrogen) atoms. The maximum absolute atomic E-state index is 12.9. The summed E-state index contributed by atoms with van der Waals surface area (Å²) in [7, 11) is 0. The third-order valence-corrected chi connectivity index (χ3v) is 7.17. The number of hydrogen-bond acceptors (Lipinski definition) is 4. The minimum atomic E-state index is -0.183. The smallest absolute Gasteiger partial charge is 0.254 e. The number of anilines is 1. The molecule has 1 heterocycles. The van der Waals surface area contributed by atoms with Crippen molar-refractivity contribution in [1.82, 2.24) is 5.01 Å². The van der Waals surface area contributed by atoms with Gasteiger partial charge in [-0.25, -0.2) is 0 Å². The lowest BCUT2D eigenvalue weighted by Crippen LogP contribution is -2.30. The van der Waals surface area contributed by atoms with Gasteiger partial charge in [0.1, 0.15) is 0 Å². The van der Waals surface area contributed by atoms with E-state index in [0.717, 1.165) is 42.2 Å². The predicted molar refractivity (Wildman–Crippen MR) is 104 cm³/mol. The quantitative estimate of drug-likeness (QED) is 0.459. The summed E-state index contributed by atoms with van der Waals surface area (Å²) in [6.07, 6.45) is 8.31. The van der Waals surface area contributed by atoms with Crippen molar-refractivity contribution in [3.05, 3.63) is 42.0 Å². The van der Waals surface area contributed by atoms with E-state index >= 15 is 0 Å². The van der Waals surface area contributed by atoms with E-state index in [9.17, 15) is 9.59 Å². The Balaban J connectivity index is 1.34. The molecule has 4 unspecified atom stereocenters. The second-order valence-electron chi connectivity index (χ2n) is 8.22. The van der Waals surface area contributed by atoms with Crippen LogP contribution in [0.4, 0.5) is 5.69 Å². The number of hydrazone groups is 1. The van der Waals surface area contributed by atoms with Crippen molar-refractivity contribution >= 4 is 23.7 Å². The SMILES string of the molecule is CCN(CC)c1ccc(/C=N/N2C(=O)C3C(C2=O)C2C=CC3C23CC3)cc1. The number of benzene rings is 1. The van der Waals surface area contributed by atoms with Crippen LogP contribution in [0.5, 0.6) is 0 Å². The molecule has 1 aromatic rings. The van der Waals surface area contributed by atoms with Gasteiger partial charge in [-0.1, -0.05) is 24.3 Å². The average Bonchev–Trinajstić information content (AvgIpc) is 3.29. The van der Waals surface area contributed by atoms with E-state index in [0.29, 0.717) is 0 Å². The van der Waals surface area contributed by atoms with E-state index in [-0.39, 0.29) is 40.9 Å². The molecule has 5 heteroatoms. The van der Waals surface area contributed by atoms with Crippen LogP contribution in [0, 0.1) is 29.1 Å². The van der Waals surface area contributed by atoms with Crippen molar-refractivity contribution < 1.29 is 9.59 Å². The molecule has 1 aliphatic heterocycles. The fourth-order valence-corrected chi connectivity index (χ4v) is 5.66. The largest absolute Gasteiger partial charge is 0.372 e. The predicted octanol–water partition coefficient (Wildman–Crippen LogP) is 3.06. The number of nitrogens with zero attached hydrogens (tertiary/aromatic N) is 3. The first-order chi connectivity index (χ1) is 13.1. The van der Waals surface area contributed by atoms with Gasteiger partial charge in [0.05, 0.1) is 18.1 Å². The lowest BCUT2D eigenvalue weighted by molar-refractivity contribution is -0.141. The number of fused-ring (bicyclic) bond motifs is 3. The molecule has 0 radical (unpaired) electrons. The van der Waals surface area contributed by atoms with Gasteiger partial charge in [-0.05, 0) is 61.6 Å². The summed E-state index contributed by atoms with van der Waals surface area (Å²) < 4.78 is 0. The second kappa shape index (κ2) is 5.78. The summed E-state index contributed by atoms with van der Waals surface area (Å²) in [5, 5.41) is 5.42. The molecular formula is C22H25N3O2. The molecule has 140 valence electrons. The van der Waals surface area contributed by atoms with Crippen molar-refractivity contribution in [3.63, 3.8) is 0 Å². The minimum absolute atomic E-state index is 0.107. The van der Waals surface area contributed by atoms with E-state index in [1.807, 2.05) is 12.1 Å². The van der Waals surface area contributed by atoms with Crippen molar-refractivity contribution in [2.75, 3.05) is 18.0 Å². The Bertz CT molecular complexity index is 815. The summed E-state index contributed by atoms with van der Waals surface area (Å²) in [6, 6.07) is 8.07. The number of amides is 2. The molecule has 1 spiro atoms. The molecule has 2 saturated carbocycles. The number of imide groups is 1. The lowest BCUT2D eigenvalue weighted by Gasteiger charge is -2.21. The summed E-state index contributed by atoms with van der Waals surface area (Å²) in [5.74, 6) is -0.0855. The molecule has 5 nitrogen and oxygen atoms in total. The van der Waals surface area contributed by atoms with Gasteiger partial charge in [-0.2, -0.15) is 10.1 Å². The van der Waals surface area contributed by atoms with Gasteiger partial charge in [0.2, 0.25) is 0 Å². The highest BCUT2D eigenvalue weighted by molar-refractivity contribution is 6.07. The zero-order chi connectivity index (χ0) is 18.8. The molecule has 2 amide bonds. The van der Waals surface area contributed by atoms with E-state index in [4.69, 9.17) is 0 Å². The zero-order valence-electron chi connectivity index (χ0n) is 15.8. The summed E-state index contributed by atoms with van der Waals surface area (Å²) in [6.45, 7) is 6.19. The van der Waals surface area contributed by atoms with Crippen LogP contribution in [0.15, 0.2) is 41.5 Å². The van der Waals surface area contributed by atoms with E-state index in [1.54, 1.807) is 6.21 Å². The summed E-state index contributed by atoms with van der Waals surface area (Å²) >= 11 is 0. The molecule has 2 bridgehead atoms. The Morgan fingerprint density at radius 2 is 1.59 bits per heavy atom. The number of hydrogen-bond donors (Lipinski definition) is 0. The van der Waals surface area contributed by atoms with E-state index in [1.165, 1.54) is 0 Å². The summed E-state index contributed by atoms with van der Waals surface area (Å²) in [5.41, 5.74) is 2.29. The number of rotatable bonds is 5. The fourth-order valence-electron chi connectivity index (χ4n) is 5.66.